The molecule has 126 valence electrons. The van der Waals surface area contributed by atoms with E-state index in [-0.39, 0.29) is 21.8 Å². The Labute approximate surface area is 147 Å². The van der Waals surface area contributed by atoms with Crippen LogP contribution in [0.15, 0.2) is 36.6 Å². The largest absolute Gasteiger partial charge is 0.446 e. The molecule has 0 aliphatic carbocycles. The third kappa shape index (κ3) is 3.18. The molecule has 1 aromatic carbocycles. The molecular formula is C12H9BrClFN6O3. The second-order valence-electron chi connectivity index (χ2n) is 4.48. The molecule has 24 heavy (non-hydrogen) atoms. The van der Waals surface area contributed by atoms with Gasteiger partial charge in [0, 0.05) is 13.1 Å². The maximum Gasteiger partial charge on any atom is 0.446 e. The summed E-state index contributed by atoms with van der Waals surface area (Å²) in [5, 5.41) is 14.1. The fourth-order valence-corrected chi connectivity index (χ4v) is 2.39. The van der Waals surface area contributed by atoms with Crippen molar-refractivity contribution in [1.82, 2.24) is 24.9 Å². The Hall–Kier alpha value is -2.24. The molecule has 12 heteroatoms. The first-order valence-corrected chi connectivity index (χ1v) is 7.73. The summed E-state index contributed by atoms with van der Waals surface area (Å²) in [5.74, 6) is -0.921. The molecule has 0 radical (unpaired) electrons. The van der Waals surface area contributed by atoms with Crippen LogP contribution in [-0.4, -0.2) is 33.1 Å². The van der Waals surface area contributed by atoms with Gasteiger partial charge in [-0.25, -0.2) is 23.2 Å². The van der Waals surface area contributed by atoms with E-state index < -0.39 is 11.6 Å². The molecule has 0 bridgehead atoms. The normalized spacial score (nSPS) is 11.0. The SMILES string of the molecule is O=c1onc(-c2nonc2NCCNCl)n1-c1ccc(F)c(Br)c1. The highest BCUT2D eigenvalue weighted by molar-refractivity contribution is 9.10. The summed E-state index contributed by atoms with van der Waals surface area (Å²) in [4.78, 5) is 14.4. The van der Waals surface area contributed by atoms with Gasteiger partial charge in [-0.1, -0.05) is 5.16 Å². The highest BCUT2D eigenvalue weighted by Gasteiger charge is 2.22. The van der Waals surface area contributed by atoms with Gasteiger partial charge in [-0.3, -0.25) is 4.52 Å². The number of hydrogen-bond donors (Lipinski definition) is 2. The van der Waals surface area contributed by atoms with E-state index in [4.69, 9.17) is 20.9 Å². The van der Waals surface area contributed by atoms with Crippen LogP contribution in [-0.2, 0) is 0 Å². The molecule has 3 rings (SSSR count). The highest BCUT2D eigenvalue weighted by atomic mass is 79.9. The fourth-order valence-electron chi connectivity index (χ4n) is 1.93. The number of aromatic nitrogens is 4. The predicted molar refractivity (Wildman–Crippen MR) is 85.4 cm³/mol. The quantitative estimate of drug-likeness (QED) is 0.461. The standard InChI is InChI=1S/C12H9BrClFN6O3/c13-7-5-6(1-2-8(7)15)21-11(20-23-12(21)22)9-10(19-24-18-9)16-3-4-17-14/h1-2,5,17H,3-4H2,(H,16,19). The molecule has 0 aliphatic rings. The zero-order valence-electron chi connectivity index (χ0n) is 11.8. The molecule has 0 aliphatic heterocycles. The van der Waals surface area contributed by atoms with Gasteiger partial charge >= 0.3 is 5.76 Å². The Kier molecular flexibility index (Phi) is 4.92. The summed E-state index contributed by atoms with van der Waals surface area (Å²) in [5.41, 5.74) is 0.497. The monoisotopic (exact) mass is 418 g/mol. The van der Waals surface area contributed by atoms with Gasteiger partial charge in [0.05, 0.1) is 10.2 Å². The van der Waals surface area contributed by atoms with E-state index in [1.807, 2.05) is 0 Å². The number of hydrogen-bond acceptors (Lipinski definition) is 8. The molecule has 0 unspecified atom stereocenters. The highest BCUT2D eigenvalue weighted by Crippen LogP contribution is 2.25. The maximum absolute atomic E-state index is 13.4. The van der Waals surface area contributed by atoms with Crippen molar-refractivity contribution in [3.8, 4) is 17.2 Å². The lowest BCUT2D eigenvalue weighted by molar-refractivity contribution is 0.309. The van der Waals surface area contributed by atoms with E-state index in [1.165, 1.54) is 18.2 Å². The zero-order valence-corrected chi connectivity index (χ0v) is 14.1. The number of rotatable bonds is 6. The average molecular weight is 420 g/mol. The Balaban J connectivity index is 2.04. The van der Waals surface area contributed by atoms with Gasteiger partial charge in [0.1, 0.15) is 5.82 Å². The molecule has 0 spiro atoms. The molecule has 0 fully saturated rings. The van der Waals surface area contributed by atoms with E-state index in [0.29, 0.717) is 18.8 Å². The summed E-state index contributed by atoms with van der Waals surface area (Å²) in [6.07, 6.45) is 0. The third-order valence-corrected chi connectivity index (χ3v) is 3.77. The van der Waals surface area contributed by atoms with E-state index in [2.05, 4.69) is 41.6 Å². The lowest BCUT2D eigenvalue weighted by atomic mass is 10.3. The van der Waals surface area contributed by atoms with Crippen molar-refractivity contribution in [1.29, 1.82) is 0 Å². The Bertz CT molecular complexity index is 910. The van der Waals surface area contributed by atoms with Gasteiger partial charge in [-0.15, -0.1) is 0 Å². The average Bonchev–Trinajstić information content (AvgIpc) is 3.17. The first-order valence-electron chi connectivity index (χ1n) is 6.56. The second-order valence-corrected chi connectivity index (χ2v) is 5.60. The Morgan fingerprint density at radius 3 is 2.88 bits per heavy atom. The van der Waals surface area contributed by atoms with E-state index in [1.54, 1.807) is 0 Å². The van der Waals surface area contributed by atoms with Crippen molar-refractivity contribution >= 4 is 33.5 Å². The number of nitrogens with zero attached hydrogens (tertiary/aromatic N) is 4. The van der Waals surface area contributed by atoms with Crippen molar-refractivity contribution in [3.63, 3.8) is 0 Å². The molecular weight excluding hydrogens is 411 g/mol. The maximum atomic E-state index is 13.4. The van der Waals surface area contributed by atoms with Crippen molar-refractivity contribution in [2.24, 2.45) is 0 Å². The van der Waals surface area contributed by atoms with Crippen LogP contribution in [0.3, 0.4) is 0 Å². The molecule has 3 aromatic rings. The number of nitrogens with one attached hydrogen (secondary N) is 2. The Morgan fingerprint density at radius 2 is 2.12 bits per heavy atom. The summed E-state index contributed by atoms with van der Waals surface area (Å²) in [6, 6.07) is 4.02. The van der Waals surface area contributed by atoms with Gasteiger partial charge in [0.25, 0.3) is 0 Å². The lowest BCUT2D eigenvalue weighted by Crippen LogP contribution is -2.16. The van der Waals surface area contributed by atoms with Crippen LogP contribution in [0, 0.1) is 5.82 Å². The van der Waals surface area contributed by atoms with Gasteiger partial charge in [0.2, 0.25) is 11.6 Å². The van der Waals surface area contributed by atoms with Crippen molar-refractivity contribution < 1.29 is 13.5 Å². The predicted octanol–water partition coefficient (Wildman–Crippen LogP) is 1.93. The first kappa shape index (κ1) is 16.6. The van der Waals surface area contributed by atoms with Crippen LogP contribution in [0.1, 0.15) is 0 Å². The van der Waals surface area contributed by atoms with E-state index in [0.717, 1.165) is 4.57 Å². The molecule has 0 amide bonds. The molecule has 0 saturated heterocycles. The number of halogens is 3. The summed E-state index contributed by atoms with van der Waals surface area (Å²) in [7, 11) is 0. The third-order valence-electron chi connectivity index (χ3n) is 2.98. The van der Waals surface area contributed by atoms with E-state index >= 15 is 0 Å². The van der Waals surface area contributed by atoms with Crippen molar-refractivity contribution in [2.75, 3.05) is 18.4 Å². The molecule has 2 heterocycles. The number of benzene rings is 1. The zero-order chi connectivity index (χ0) is 17.1. The topological polar surface area (TPSA) is 111 Å². The fraction of sp³-hybridized carbons (Fsp3) is 0.167. The molecule has 0 atom stereocenters. The van der Waals surface area contributed by atoms with Crippen LogP contribution in [0.5, 0.6) is 0 Å². The summed E-state index contributed by atoms with van der Waals surface area (Å²) in [6.45, 7) is 0.874. The van der Waals surface area contributed by atoms with Crippen LogP contribution in [0.4, 0.5) is 10.2 Å². The van der Waals surface area contributed by atoms with Crippen LogP contribution in [0.2, 0.25) is 0 Å². The summed E-state index contributed by atoms with van der Waals surface area (Å²) < 4.78 is 24.1. The van der Waals surface area contributed by atoms with Crippen LogP contribution >= 0.6 is 27.7 Å². The molecule has 2 N–H and O–H groups in total. The minimum Gasteiger partial charge on any atom is -0.364 e. The molecule has 2 aromatic heterocycles. The van der Waals surface area contributed by atoms with Gasteiger partial charge < -0.3 is 5.32 Å². The van der Waals surface area contributed by atoms with Gasteiger partial charge in [0.15, 0.2) is 5.69 Å². The second kappa shape index (κ2) is 7.11. The first-order chi connectivity index (χ1) is 11.6. The van der Waals surface area contributed by atoms with Crippen molar-refractivity contribution in [2.45, 2.75) is 0 Å². The van der Waals surface area contributed by atoms with E-state index in [9.17, 15) is 9.18 Å². The molecule has 0 saturated carbocycles. The molecule has 9 nitrogen and oxygen atoms in total. The van der Waals surface area contributed by atoms with Crippen LogP contribution in [0.25, 0.3) is 17.2 Å². The minimum atomic E-state index is -0.764. The smallest absolute Gasteiger partial charge is 0.364 e. The van der Waals surface area contributed by atoms with Crippen molar-refractivity contribution in [3.05, 3.63) is 39.0 Å². The minimum absolute atomic E-state index is 0.0566. The van der Waals surface area contributed by atoms with Gasteiger partial charge in [-0.05, 0) is 56.2 Å². The number of anilines is 1. The van der Waals surface area contributed by atoms with Crippen LogP contribution < -0.4 is 15.9 Å². The van der Waals surface area contributed by atoms with Gasteiger partial charge in [-0.2, -0.15) is 0 Å². The lowest BCUT2D eigenvalue weighted by Gasteiger charge is -2.05. The Morgan fingerprint density at radius 1 is 1.29 bits per heavy atom. The summed E-state index contributed by atoms with van der Waals surface area (Å²) >= 11 is 8.44.